The van der Waals surface area contributed by atoms with Gasteiger partial charge in [0.25, 0.3) is 0 Å². The highest BCUT2D eigenvalue weighted by atomic mass is 32.2. The molecule has 1 amide bonds. The summed E-state index contributed by atoms with van der Waals surface area (Å²) in [6.07, 6.45) is 0.853. The highest BCUT2D eigenvalue weighted by Crippen LogP contribution is 2.28. The number of rotatable bonds is 9. The van der Waals surface area contributed by atoms with Crippen molar-refractivity contribution in [2.24, 2.45) is 5.14 Å². The minimum atomic E-state index is -3.82. The number of imidazole rings is 1. The average Bonchev–Trinajstić information content (AvgIpc) is 3.08. The summed E-state index contributed by atoms with van der Waals surface area (Å²) in [7, 11) is -3.82. The molecule has 8 nitrogen and oxygen atoms in total. The molecule has 0 aliphatic heterocycles. The molecule has 0 saturated carbocycles. The smallest absolute Gasteiger partial charge is 0.238 e. The number of para-hydroxylation sites is 1. The van der Waals surface area contributed by atoms with E-state index in [0.717, 1.165) is 16.8 Å². The topological polar surface area (TPSA) is 131 Å². The number of benzene rings is 2. The predicted octanol–water partition coefficient (Wildman–Crippen LogP) is 3.44. The molecule has 31 heavy (non-hydrogen) atoms. The molecular formula is C20H21N5O3S3. The Morgan fingerprint density at radius 3 is 2.74 bits per heavy atom. The summed E-state index contributed by atoms with van der Waals surface area (Å²) in [6.45, 7) is 2.71. The van der Waals surface area contributed by atoms with Crippen molar-refractivity contribution in [3.8, 4) is 6.07 Å². The Bertz CT molecular complexity index is 1250. The number of fused-ring (bicyclic) bond motifs is 1. The molecule has 0 atom stereocenters. The Morgan fingerprint density at radius 1 is 1.26 bits per heavy atom. The fraction of sp³-hybridized carbons (Fsp3) is 0.250. The predicted molar refractivity (Wildman–Crippen MR) is 124 cm³/mol. The Labute approximate surface area is 189 Å². The summed E-state index contributed by atoms with van der Waals surface area (Å²) < 4.78 is 25.3. The first kappa shape index (κ1) is 23.1. The van der Waals surface area contributed by atoms with E-state index < -0.39 is 10.0 Å². The molecular weight excluding hydrogens is 454 g/mol. The number of carbonyl (C=O) groups is 1. The van der Waals surface area contributed by atoms with E-state index in [1.54, 1.807) is 12.1 Å². The van der Waals surface area contributed by atoms with Gasteiger partial charge in [0.05, 0.1) is 39.2 Å². The maximum absolute atomic E-state index is 12.5. The van der Waals surface area contributed by atoms with Gasteiger partial charge >= 0.3 is 0 Å². The molecule has 0 radical (unpaired) electrons. The Kier molecular flexibility index (Phi) is 7.61. The third kappa shape index (κ3) is 5.80. The van der Waals surface area contributed by atoms with Crippen molar-refractivity contribution in [1.29, 1.82) is 5.26 Å². The van der Waals surface area contributed by atoms with Crippen molar-refractivity contribution in [2.75, 3.05) is 16.8 Å². The van der Waals surface area contributed by atoms with Crippen LogP contribution in [0, 0.1) is 11.3 Å². The molecule has 0 unspecified atom stereocenters. The van der Waals surface area contributed by atoms with Crippen LogP contribution in [-0.4, -0.2) is 35.4 Å². The Hall–Kier alpha value is -2.52. The zero-order valence-corrected chi connectivity index (χ0v) is 19.2. The van der Waals surface area contributed by atoms with Crippen LogP contribution in [0.5, 0.6) is 0 Å². The lowest BCUT2D eigenvalue weighted by atomic mass is 10.3. The lowest BCUT2D eigenvalue weighted by molar-refractivity contribution is -0.113. The van der Waals surface area contributed by atoms with E-state index in [1.165, 1.54) is 35.7 Å². The van der Waals surface area contributed by atoms with E-state index in [-0.39, 0.29) is 16.6 Å². The number of amides is 1. The lowest BCUT2D eigenvalue weighted by Crippen LogP contribution is -2.15. The van der Waals surface area contributed by atoms with Gasteiger partial charge in [0.15, 0.2) is 5.16 Å². The molecule has 11 heteroatoms. The second-order valence-corrected chi connectivity index (χ2v) is 10.0. The van der Waals surface area contributed by atoms with Crippen molar-refractivity contribution in [3.05, 3.63) is 42.5 Å². The number of nitrogens with one attached hydrogen (secondary N) is 1. The van der Waals surface area contributed by atoms with E-state index in [2.05, 4.69) is 16.4 Å². The van der Waals surface area contributed by atoms with Gasteiger partial charge in [-0.25, -0.2) is 18.5 Å². The third-order valence-electron chi connectivity index (χ3n) is 4.25. The first-order valence-electron chi connectivity index (χ1n) is 9.38. The Balaban J connectivity index is 1.78. The molecule has 162 valence electrons. The molecule has 0 spiro atoms. The molecule has 3 rings (SSSR count). The molecule has 0 saturated heterocycles. The summed E-state index contributed by atoms with van der Waals surface area (Å²) >= 11 is 2.64. The first-order chi connectivity index (χ1) is 14.8. The zero-order chi connectivity index (χ0) is 22.4. The normalized spacial score (nSPS) is 11.4. The number of hydrogen-bond donors (Lipinski definition) is 2. The second kappa shape index (κ2) is 10.2. The summed E-state index contributed by atoms with van der Waals surface area (Å²) in [6, 6.07) is 14.0. The minimum Gasteiger partial charge on any atom is -0.324 e. The van der Waals surface area contributed by atoms with E-state index in [1.807, 2.05) is 29.7 Å². The standard InChI is InChI=1S/C20H21N5O3S3/c1-2-10-25-17-8-7-14(31(22,27)28)12-16(17)24-20(25)30-13-19(26)23-15-5-3-4-6-18(15)29-11-9-21/h3-8,12H,2,10-11,13H2,1H3,(H,23,26)(H2,22,27,28). The van der Waals surface area contributed by atoms with Crippen molar-refractivity contribution in [3.63, 3.8) is 0 Å². The molecule has 1 heterocycles. The SMILES string of the molecule is CCCn1c(SCC(=O)Nc2ccccc2SCC#N)nc2cc(S(N)(=O)=O)ccc21. The molecule has 0 bridgehead atoms. The number of aromatic nitrogens is 2. The Morgan fingerprint density at radius 2 is 2.03 bits per heavy atom. The van der Waals surface area contributed by atoms with Gasteiger partial charge in [-0.15, -0.1) is 11.8 Å². The van der Waals surface area contributed by atoms with Gasteiger partial charge in [-0.2, -0.15) is 5.26 Å². The van der Waals surface area contributed by atoms with Gasteiger partial charge in [0.2, 0.25) is 15.9 Å². The van der Waals surface area contributed by atoms with E-state index >= 15 is 0 Å². The van der Waals surface area contributed by atoms with E-state index in [0.29, 0.717) is 28.7 Å². The van der Waals surface area contributed by atoms with Gasteiger partial charge < -0.3 is 9.88 Å². The molecule has 3 aromatic rings. The van der Waals surface area contributed by atoms with E-state index in [9.17, 15) is 13.2 Å². The zero-order valence-electron chi connectivity index (χ0n) is 16.7. The van der Waals surface area contributed by atoms with Crippen LogP contribution in [0.3, 0.4) is 0 Å². The fourth-order valence-corrected chi connectivity index (χ4v) is 4.98. The van der Waals surface area contributed by atoms with Gasteiger partial charge in [-0.3, -0.25) is 4.79 Å². The summed E-state index contributed by atoms with van der Waals surface area (Å²) in [5, 5.41) is 17.5. The van der Waals surface area contributed by atoms with Crippen LogP contribution in [0.4, 0.5) is 5.69 Å². The third-order valence-corrected chi connectivity index (χ3v) is 7.07. The number of hydrogen-bond acceptors (Lipinski definition) is 7. The van der Waals surface area contributed by atoms with Crippen molar-refractivity contribution >= 4 is 56.2 Å². The lowest BCUT2D eigenvalue weighted by Gasteiger charge is -2.10. The number of thioether (sulfide) groups is 2. The highest BCUT2D eigenvalue weighted by molar-refractivity contribution is 8.00. The number of nitriles is 1. The van der Waals surface area contributed by atoms with Gasteiger partial charge in [-0.05, 0) is 36.8 Å². The quantitative estimate of drug-likeness (QED) is 0.453. The van der Waals surface area contributed by atoms with Crippen LogP contribution < -0.4 is 10.5 Å². The largest absolute Gasteiger partial charge is 0.324 e. The molecule has 0 aliphatic rings. The van der Waals surface area contributed by atoms with Crippen LogP contribution >= 0.6 is 23.5 Å². The monoisotopic (exact) mass is 475 g/mol. The maximum Gasteiger partial charge on any atom is 0.238 e. The van der Waals surface area contributed by atoms with Crippen LogP contribution in [-0.2, 0) is 21.4 Å². The van der Waals surface area contributed by atoms with Crippen molar-refractivity contribution in [2.45, 2.75) is 34.8 Å². The first-order valence-corrected chi connectivity index (χ1v) is 12.9. The van der Waals surface area contributed by atoms with Gasteiger partial charge in [-0.1, -0.05) is 30.8 Å². The number of aryl methyl sites for hydroxylation is 1. The van der Waals surface area contributed by atoms with Crippen molar-refractivity contribution in [1.82, 2.24) is 9.55 Å². The van der Waals surface area contributed by atoms with E-state index in [4.69, 9.17) is 10.4 Å². The van der Waals surface area contributed by atoms with Crippen molar-refractivity contribution < 1.29 is 13.2 Å². The molecule has 3 N–H and O–H groups in total. The number of nitrogens with two attached hydrogens (primary N) is 1. The number of primary sulfonamides is 1. The fourth-order valence-electron chi connectivity index (χ4n) is 2.94. The summed E-state index contributed by atoms with van der Waals surface area (Å²) in [5.41, 5.74) is 1.96. The van der Waals surface area contributed by atoms with Crippen LogP contribution in [0.1, 0.15) is 13.3 Å². The average molecular weight is 476 g/mol. The van der Waals surface area contributed by atoms with Gasteiger partial charge in [0, 0.05) is 11.4 Å². The number of sulfonamides is 1. The summed E-state index contributed by atoms with van der Waals surface area (Å²) in [5.74, 6) is 0.227. The second-order valence-electron chi connectivity index (χ2n) is 6.52. The van der Waals surface area contributed by atoms with Crippen LogP contribution in [0.2, 0.25) is 0 Å². The number of carbonyl (C=O) groups excluding carboxylic acids is 1. The molecule has 2 aromatic carbocycles. The highest BCUT2D eigenvalue weighted by Gasteiger charge is 2.16. The minimum absolute atomic E-state index is 0.00178. The van der Waals surface area contributed by atoms with Crippen LogP contribution in [0.25, 0.3) is 11.0 Å². The number of anilines is 1. The molecule has 1 aromatic heterocycles. The van der Waals surface area contributed by atoms with Crippen LogP contribution in [0.15, 0.2) is 57.4 Å². The summed E-state index contributed by atoms with van der Waals surface area (Å²) in [4.78, 5) is 17.9. The number of nitrogens with zero attached hydrogens (tertiary/aromatic N) is 3. The van der Waals surface area contributed by atoms with Gasteiger partial charge in [0.1, 0.15) is 0 Å². The maximum atomic E-state index is 12.5. The molecule has 0 aliphatic carbocycles. The molecule has 0 fully saturated rings.